The van der Waals surface area contributed by atoms with E-state index in [9.17, 15) is 4.91 Å². The second-order valence-corrected chi connectivity index (χ2v) is 1.83. The normalized spacial score (nSPS) is 8.27. The topological polar surface area (TPSA) is 64.8 Å². The zero-order chi connectivity index (χ0) is 8.85. The van der Waals surface area contributed by atoms with Gasteiger partial charge in [0, 0.05) is 6.07 Å². The van der Waals surface area contributed by atoms with E-state index in [0.717, 1.165) is 0 Å². The Kier molecular flexibility index (Phi) is 3.95. The van der Waals surface area contributed by atoms with E-state index < -0.39 is 0 Å². The van der Waals surface area contributed by atoms with Crippen LogP contribution in [-0.2, 0) is 0 Å². The van der Waals surface area contributed by atoms with E-state index in [2.05, 4.69) is 5.10 Å². The van der Waals surface area contributed by atoms with E-state index in [1.807, 2.05) is 13.8 Å². The van der Waals surface area contributed by atoms with Gasteiger partial charge in [0.2, 0.25) is 0 Å². The van der Waals surface area contributed by atoms with Crippen molar-refractivity contribution in [2.75, 3.05) is 5.73 Å². The van der Waals surface area contributed by atoms with Crippen LogP contribution in [0.2, 0.25) is 0 Å². The van der Waals surface area contributed by atoms with Gasteiger partial charge in [0.25, 0.3) is 6.20 Å². The van der Waals surface area contributed by atoms with Gasteiger partial charge in [0.1, 0.15) is 0 Å². The van der Waals surface area contributed by atoms with Gasteiger partial charge in [-0.1, -0.05) is 13.8 Å². The number of hydrogen-bond donors (Lipinski definition) is 2. The average molecular weight is 156 g/mol. The van der Waals surface area contributed by atoms with E-state index >= 15 is 0 Å². The van der Waals surface area contributed by atoms with E-state index in [-0.39, 0.29) is 0 Å². The van der Waals surface area contributed by atoms with Crippen LogP contribution in [0.5, 0.6) is 0 Å². The minimum absolute atomic E-state index is 0.599. The molecule has 0 aliphatic heterocycles. The van der Waals surface area contributed by atoms with Crippen molar-refractivity contribution in [3.63, 3.8) is 0 Å². The first-order chi connectivity index (χ1) is 5.20. The van der Waals surface area contributed by atoms with Gasteiger partial charge in [-0.15, -0.1) is 5.10 Å². The first kappa shape index (κ1) is 9.68. The first-order valence-electron chi connectivity index (χ1n) is 3.58. The Labute approximate surface area is 65.6 Å². The fourth-order valence-corrected chi connectivity index (χ4v) is 0.540. The molecule has 4 heteroatoms. The number of anilines is 1. The molecule has 0 amide bonds. The van der Waals surface area contributed by atoms with Crippen LogP contribution >= 0.6 is 0 Å². The number of aromatic nitrogens is 2. The van der Waals surface area contributed by atoms with Crippen molar-refractivity contribution < 1.29 is 4.54 Å². The summed E-state index contributed by atoms with van der Waals surface area (Å²) < 4.78 is 0.603. The van der Waals surface area contributed by atoms with Gasteiger partial charge in [-0.2, -0.15) is 0 Å². The van der Waals surface area contributed by atoms with Gasteiger partial charge < -0.3 is 5.73 Å². The second-order valence-electron chi connectivity index (χ2n) is 1.83. The van der Waals surface area contributed by atoms with Crippen LogP contribution in [0.25, 0.3) is 0 Å². The Morgan fingerprint density at radius 3 is 2.45 bits per heavy atom. The van der Waals surface area contributed by atoms with Crippen LogP contribution in [-0.4, -0.2) is 5.10 Å². The number of H-pyrrole nitrogens is 1. The lowest BCUT2D eigenvalue weighted by Gasteiger charge is -1.88. The summed E-state index contributed by atoms with van der Waals surface area (Å²) in [5, 5.41) is 2.47. The lowest BCUT2D eigenvalue weighted by atomic mass is 10.4. The molecular weight excluding hydrogens is 142 g/mol. The molecule has 62 valence electrons. The van der Waals surface area contributed by atoms with Crippen molar-refractivity contribution in [2.45, 2.75) is 20.8 Å². The quantitative estimate of drug-likeness (QED) is 0.547. The van der Waals surface area contributed by atoms with Gasteiger partial charge in [0.15, 0.2) is 4.54 Å². The van der Waals surface area contributed by atoms with Gasteiger partial charge in [-0.05, 0) is 6.92 Å². The Bertz CT molecular complexity index is 267. The molecule has 4 nitrogen and oxygen atoms in total. The molecule has 0 saturated heterocycles. The maximum atomic E-state index is 10.4. The Morgan fingerprint density at radius 2 is 2.09 bits per heavy atom. The fourth-order valence-electron chi connectivity index (χ4n) is 0.540. The number of nitrogens with one attached hydrogen (secondary N) is 1. The van der Waals surface area contributed by atoms with Crippen LogP contribution in [0.1, 0.15) is 19.5 Å². The molecule has 11 heavy (non-hydrogen) atoms. The molecule has 1 aromatic heterocycles. The van der Waals surface area contributed by atoms with E-state index in [1.54, 1.807) is 13.0 Å². The van der Waals surface area contributed by atoms with Gasteiger partial charge in [-0.3, -0.25) is 0 Å². The predicted molar refractivity (Wildman–Crippen MR) is 44.7 cm³/mol. The maximum Gasteiger partial charge on any atom is 0.259 e. The highest BCUT2D eigenvalue weighted by molar-refractivity contribution is 5.38. The SMILES string of the molecule is CC.Cc1[nH][n+](=O)ccc1N. The monoisotopic (exact) mass is 156 g/mol. The van der Waals surface area contributed by atoms with Crippen molar-refractivity contribution in [3.8, 4) is 0 Å². The molecule has 0 bridgehead atoms. The minimum Gasteiger partial charge on any atom is -0.397 e. The molecule has 0 aliphatic carbocycles. The van der Waals surface area contributed by atoms with Crippen LogP contribution in [0, 0.1) is 11.8 Å². The van der Waals surface area contributed by atoms with Crippen molar-refractivity contribution in [1.29, 1.82) is 0 Å². The zero-order valence-corrected chi connectivity index (χ0v) is 7.09. The fraction of sp³-hybridized carbons (Fsp3) is 0.429. The highest BCUT2D eigenvalue weighted by atomic mass is 16.3. The number of nitrogen functional groups attached to an aromatic ring is 1. The van der Waals surface area contributed by atoms with Gasteiger partial charge in [-0.25, -0.2) is 0 Å². The summed E-state index contributed by atoms with van der Waals surface area (Å²) in [5.41, 5.74) is 6.69. The summed E-state index contributed by atoms with van der Waals surface area (Å²) in [4.78, 5) is 10.4. The van der Waals surface area contributed by atoms with Crippen LogP contribution < -0.4 is 10.3 Å². The molecule has 0 fully saturated rings. The summed E-state index contributed by atoms with van der Waals surface area (Å²) in [6.45, 7) is 5.74. The number of aryl methyl sites for hydroxylation is 1. The third-order valence-corrected chi connectivity index (χ3v) is 1.10. The standard InChI is InChI=1S/C5H8N3O.C2H6/c1-4-5(6)2-3-8(9)7-4;1-2/h2-3H,6H2,1H3,(H,7,9);1-2H3/q+1;. The summed E-state index contributed by atoms with van der Waals surface area (Å²) in [7, 11) is 0. The molecule has 3 N–H and O–H groups in total. The lowest BCUT2D eigenvalue weighted by molar-refractivity contribution is -0.565. The molecule has 0 atom stereocenters. The van der Waals surface area contributed by atoms with Crippen molar-refractivity contribution >= 4 is 5.69 Å². The predicted octanol–water partition coefficient (Wildman–Crippen LogP) is 0.846. The highest BCUT2D eigenvalue weighted by Crippen LogP contribution is 1.99. The lowest BCUT2D eigenvalue weighted by Crippen LogP contribution is -2.19. The number of nitrogens with two attached hydrogens (primary N) is 1. The molecule has 1 heterocycles. The van der Waals surface area contributed by atoms with Crippen molar-refractivity contribution in [1.82, 2.24) is 5.10 Å². The molecule has 0 unspecified atom stereocenters. The van der Waals surface area contributed by atoms with Crippen molar-refractivity contribution in [3.05, 3.63) is 22.9 Å². The summed E-state index contributed by atoms with van der Waals surface area (Å²) in [5.74, 6) is 0. The van der Waals surface area contributed by atoms with E-state index in [0.29, 0.717) is 15.9 Å². The molecular formula is C7H14N3O+. The summed E-state index contributed by atoms with van der Waals surface area (Å²) in [6.07, 6.45) is 1.32. The molecule has 0 aromatic carbocycles. The molecule has 0 saturated carbocycles. The minimum atomic E-state index is 0.599. The Hall–Kier alpha value is -1.32. The van der Waals surface area contributed by atoms with Crippen LogP contribution in [0.3, 0.4) is 0 Å². The van der Waals surface area contributed by atoms with Crippen molar-refractivity contribution in [2.24, 2.45) is 0 Å². The zero-order valence-electron chi connectivity index (χ0n) is 7.09. The molecule has 0 spiro atoms. The maximum absolute atomic E-state index is 10.4. The van der Waals surface area contributed by atoms with E-state index in [4.69, 9.17) is 5.73 Å². The largest absolute Gasteiger partial charge is 0.397 e. The second kappa shape index (κ2) is 4.49. The Morgan fingerprint density at radius 1 is 1.55 bits per heavy atom. The van der Waals surface area contributed by atoms with Crippen LogP contribution in [0.4, 0.5) is 5.69 Å². The summed E-state index contributed by atoms with van der Waals surface area (Å²) >= 11 is 0. The highest BCUT2D eigenvalue weighted by Gasteiger charge is 1.95. The van der Waals surface area contributed by atoms with Gasteiger partial charge in [0.05, 0.1) is 16.3 Å². The smallest absolute Gasteiger partial charge is 0.259 e. The first-order valence-corrected chi connectivity index (χ1v) is 3.58. The number of nitrogens with zero attached hydrogens (tertiary/aromatic N) is 1. The van der Waals surface area contributed by atoms with Gasteiger partial charge >= 0.3 is 0 Å². The number of aromatic amines is 1. The number of rotatable bonds is 0. The average Bonchev–Trinajstić information content (AvgIpc) is 2.02. The third-order valence-electron chi connectivity index (χ3n) is 1.10. The Balaban J connectivity index is 0.000000461. The van der Waals surface area contributed by atoms with Crippen LogP contribution in [0.15, 0.2) is 12.3 Å². The summed E-state index contributed by atoms with van der Waals surface area (Å²) in [6, 6.07) is 1.55. The van der Waals surface area contributed by atoms with E-state index in [1.165, 1.54) is 6.20 Å². The molecule has 1 aromatic rings. The molecule has 0 radical (unpaired) electrons. The third kappa shape index (κ3) is 2.84. The molecule has 0 aliphatic rings. The molecule has 1 rings (SSSR count). The number of hydrogen-bond acceptors (Lipinski definition) is 2.